The summed E-state index contributed by atoms with van der Waals surface area (Å²) in [4.78, 5) is 42.7. The summed E-state index contributed by atoms with van der Waals surface area (Å²) in [5.74, 6) is -1.12. The second kappa shape index (κ2) is 20.5. The van der Waals surface area contributed by atoms with Crippen LogP contribution in [-0.2, 0) is 10.0 Å². The highest BCUT2D eigenvalue weighted by atomic mass is 32.2. The lowest BCUT2D eigenvalue weighted by Crippen LogP contribution is -2.13. The van der Waals surface area contributed by atoms with Crippen LogP contribution in [-0.4, -0.2) is 40.2 Å². The molecule has 5 heterocycles. The fourth-order valence-corrected chi connectivity index (χ4v) is 9.72. The second-order valence-electron chi connectivity index (χ2n) is 14.4. The van der Waals surface area contributed by atoms with Gasteiger partial charge in [-0.3, -0.25) is 24.3 Å². The van der Waals surface area contributed by atoms with Crippen LogP contribution < -0.4 is 26.0 Å². The first-order valence-corrected chi connectivity index (χ1v) is 24.1. The Hall–Kier alpha value is -7.64. The number of amides is 2. The van der Waals surface area contributed by atoms with Gasteiger partial charge in [0.25, 0.3) is 21.8 Å². The first-order valence-electron chi connectivity index (χ1n) is 20.0. The van der Waals surface area contributed by atoms with Crippen molar-refractivity contribution in [2.45, 2.75) is 18.1 Å². The molecular formula is C48H38FN9O4S4. The largest absolute Gasteiger partial charge is 0.331 e. The lowest BCUT2D eigenvalue weighted by molar-refractivity contribution is 0.101. The van der Waals surface area contributed by atoms with Gasteiger partial charge >= 0.3 is 0 Å². The Kier molecular flexibility index (Phi) is 13.9. The van der Waals surface area contributed by atoms with E-state index in [-0.39, 0.29) is 21.6 Å². The molecule has 5 N–H and O–H groups in total. The van der Waals surface area contributed by atoms with E-state index >= 15 is 0 Å². The van der Waals surface area contributed by atoms with Crippen LogP contribution in [0.3, 0.4) is 0 Å². The number of aromatic nitrogens is 4. The molecule has 330 valence electrons. The molecule has 0 saturated carbocycles. The Balaban J connectivity index is 0.000000185. The van der Waals surface area contributed by atoms with Crippen LogP contribution >= 0.6 is 34.0 Å². The second-order valence-corrected chi connectivity index (χ2v) is 19.0. The van der Waals surface area contributed by atoms with Crippen molar-refractivity contribution in [1.29, 1.82) is 0 Å². The molecule has 0 aliphatic heterocycles. The highest BCUT2D eigenvalue weighted by molar-refractivity contribution is 7.94. The smallest absolute Gasteiger partial charge is 0.271 e. The number of sulfonamides is 1. The van der Waals surface area contributed by atoms with Gasteiger partial charge in [0.2, 0.25) is 0 Å². The van der Waals surface area contributed by atoms with Crippen molar-refractivity contribution in [2.75, 3.05) is 26.0 Å². The molecule has 4 aromatic carbocycles. The molecule has 0 aliphatic carbocycles. The van der Waals surface area contributed by atoms with Crippen molar-refractivity contribution in [1.82, 2.24) is 19.9 Å². The van der Waals surface area contributed by atoms with Crippen LogP contribution in [0.1, 0.15) is 31.8 Å². The predicted octanol–water partition coefficient (Wildman–Crippen LogP) is 12.0. The number of benzene rings is 4. The first-order chi connectivity index (χ1) is 32.0. The molecule has 0 bridgehead atoms. The number of halogens is 1. The monoisotopic (exact) mass is 951 g/mol. The summed E-state index contributed by atoms with van der Waals surface area (Å²) in [6.45, 7) is 3.94. The quantitative estimate of drug-likeness (QED) is 0.0746. The van der Waals surface area contributed by atoms with Crippen LogP contribution in [0.4, 0.5) is 43.1 Å². The Morgan fingerprint density at radius 1 is 0.576 bits per heavy atom. The van der Waals surface area contributed by atoms with E-state index in [4.69, 9.17) is 0 Å². The summed E-state index contributed by atoms with van der Waals surface area (Å²) in [5, 5.41) is 19.4. The van der Waals surface area contributed by atoms with E-state index in [9.17, 15) is 22.4 Å². The maximum atomic E-state index is 13.4. The van der Waals surface area contributed by atoms with Crippen LogP contribution in [0.15, 0.2) is 166 Å². The van der Waals surface area contributed by atoms with Crippen molar-refractivity contribution >= 4 is 94.5 Å². The zero-order valence-electron chi connectivity index (χ0n) is 35.0. The van der Waals surface area contributed by atoms with Gasteiger partial charge in [0.15, 0.2) is 10.3 Å². The number of nitrogens with one attached hydrogen (secondary N) is 5. The van der Waals surface area contributed by atoms with E-state index in [1.54, 1.807) is 72.6 Å². The van der Waals surface area contributed by atoms with Crippen LogP contribution in [0.2, 0.25) is 0 Å². The standard InChI is InChI=1S/C26H21N5O3S3.C22H17FN4OS/c1-17-6-9-21(14-22(17)29-26-30-23(16-36-26)19-4-2-12-27-15-19)28-25(32)18-7-10-20(11-8-18)31-37(33,34)24-5-3-13-35-24;1-14-7-8-18(25-21(28)15-4-2-6-17(23)10-15)11-19(14)26-22-27-20(13-29-22)16-5-3-9-24-12-16/h2-16,31H,1H3,(H,28,32)(H,29,30);2-13H,1H3,(H,25,28)(H,26,27). The highest BCUT2D eigenvalue weighted by Gasteiger charge is 2.16. The van der Waals surface area contributed by atoms with Gasteiger partial charge in [-0.1, -0.05) is 24.3 Å². The number of carbonyl (C=O) groups is 2. The zero-order valence-corrected chi connectivity index (χ0v) is 38.3. The molecule has 2 amide bonds. The SMILES string of the molecule is Cc1ccc(NC(=O)c2ccc(NS(=O)(=O)c3cccs3)cc2)cc1Nc1nc(-c2cccnc2)cs1.Cc1ccc(NC(=O)c2cccc(F)c2)cc1Nc1nc(-c2cccnc2)cs1. The van der Waals surface area contributed by atoms with E-state index in [1.807, 2.05) is 79.2 Å². The van der Waals surface area contributed by atoms with Gasteiger partial charge in [0.05, 0.1) is 11.4 Å². The molecule has 0 radical (unpaired) electrons. The molecule has 18 heteroatoms. The lowest BCUT2D eigenvalue weighted by atomic mass is 10.1. The molecule has 0 spiro atoms. The maximum absolute atomic E-state index is 13.4. The number of thiazole rings is 2. The minimum Gasteiger partial charge on any atom is -0.331 e. The molecule has 9 rings (SSSR count). The summed E-state index contributed by atoms with van der Waals surface area (Å²) in [6, 6.07) is 33.9. The molecule has 0 atom stereocenters. The number of aryl methyl sites for hydroxylation is 2. The fourth-order valence-electron chi connectivity index (χ4n) is 6.20. The summed E-state index contributed by atoms with van der Waals surface area (Å²) in [6.07, 6.45) is 6.99. The van der Waals surface area contributed by atoms with Crippen molar-refractivity contribution in [3.63, 3.8) is 0 Å². The minimum absolute atomic E-state index is 0.226. The maximum Gasteiger partial charge on any atom is 0.271 e. The number of rotatable bonds is 13. The Labute approximate surface area is 391 Å². The molecule has 0 aliphatic rings. The van der Waals surface area contributed by atoms with E-state index in [0.717, 1.165) is 66.6 Å². The van der Waals surface area contributed by atoms with E-state index < -0.39 is 15.8 Å². The van der Waals surface area contributed by atoms with Gasteiger partial charge in [-0.25, -0.2) is 22.8 Å². The summed E-state index contributed by atoms with van der Waals surface area (Å²) in [5.41, 5.74) is 9.49. The number of pyridine rings is 2. The highest BCUT2D eigenvalue weighted by Crippen LogP contribution is 2.31. The molecule has 0 saturated heterocycles. The average molecular weight is 952 g/mol. The number of carbonyl (C=O) groups excluding carboxylic acids is 2. The van der Waals surface area contributed by atoms with Crippen LogP contribution in [0, 0.1) is 19.7 Å². The molecular weight excluding hydrogens is 914 g/mol. The summed E-state index contributed by atoms with van der Waals surface area (Å²) >= 11 is 4.11. The zero-order chi connectivity index (χ0) is 46.0. The van der Waals surface area contributed by atoms with E-state index in [0.29, 0.717) is 22.6 Å². The number of hydrogen-bond acceptors (Lipinski definition) is 13. The molecule has 5 aromatic heterocycles. The van der Waals surface area contributed by atoms with Gasteiger partial charge in [-0.2, -0.15) is 0 Å². The van der Waals surface area contributed by atoms with Gasteiger partial charge < -0.3 is 21.3 Å². The van der Waals surface area contributed by atoms with Crippen molar-refractivity contribution < 1.29 is 22.4 Å². The third-order valence-electron chi connectivity index (χ3n) is 9.64. The number of anilines is 7. The Bertz CT molecular complexity index is 3220. The van der Waals surface area contributed by atoms with Gasteiger partial charge in [0, 0.05) is 86.2 Å². The molecule has 0 fully saturated rings. The van der Waals surface area contributed by atoms with Crippen LogP contribution in [0.25, 0.3) is 22.5 Å². The van der Waals surface area contributed by atoms with Gasteiger partial charge in [-0.15, -0.1) is 34.0 Å². The fraction of sp³-hybridized carbons (Fsp3) is 0.0417. The molecule has 0 unspecified atom stereocenters. The van der Waals surface area contributed by atoms with E-state index in [2.05, 4.69) is 45.9 Å². The van der Waals surface area contributed by atoms with Crippen molar-refractivity contribution in [3.8, 4) is 22.5 Å². The predicted molar refractivity (Wildman–Crippen MR) is 263 cm³/mol. The third kappa shape index (κ3) is 11.5. The average Bonchev–Trinajstić information content (AvgIpc) is 4.14. The minimum atomic E-state index is -3.65. The Morgan fingerprint density at radius 3 is 1.62 bits per heavy atom. The third-order valence-corrected chi connectivity index (χ3v) is 13.9. The summed E-state index contributed by atoms with van der Waals surface area (Å²) < 4.78 is 40.9. The van der Waals surface area contributed by atoms with Gasteiger partial charge in [0.1, 0.15) is 10.0 Å². The van der Waals surface area contributed by atoms with E-state index in [1.165, 1.54) is 46.9 Å². The number of nitrogens with zero attached hydrogens (tertiary/aromatic N) is 4. The number of thiophene rings is 1. The first kappa shape index (κ1) is 44.9. The van der Waals surface area contributed by atoms with Crippen LogP contribution in [0.5, 0.6) is 0 Å². The summed E-state index contributed by atoms with van der Waals surface area (Å²) in [7, 11) is -3.65. The lowest BCUT2D eigenvalue weighted by Gasteiger charge is -2.11. The topological polar surface area (TPSA) is 180 Å². The Morgan fingerprint density at radius 2 is 1.12 bits per heavy atom. The van der Waals surface area contributed by atoms with Crippen molar-refractivity contribution in [3.05, 3.63) is 190 Å². The number of hydrogen-bond donors (Lipinski definition) is 5. The van der Waals surface area contributed by atoms with Crippen molar-refractivity contribution in [2.24, 2.45) is 0 Å². The van der Waals surface area contributed by atoms with Gasteiger partial charge in [-0.05, 0) is 127 Å². The normalized spacial score (nSPS) is 10.9. The molecule has 9 aromatic rings. The molecule has 66 heavy (non-hydrogen) atoms. The molecule has 13 nitrogen and oxygen atoms in total.